The number of phenols is 1. The van der Waals surface area contributed by atoms with E-state index in [0.29, 0.717) is 85.3 Å². The number of nitrogens with zero attached hydrogens (tertiary/aromatic N) is 3. The molecule has 0 amide bonds. The summed E-state index contributed by atoms with van der Waals surface area (Å²) in [5.74, 6) is 1.91. The van der Waals surface area contributed by atoms with Gasteiger partial charge in [0.1, 0.15) is 76.6 Å². The number of quaternary nitrogens is 1. The standard InChI is InChI=1S/C42H42N6O7S2/c1-21-12-30(49)36-31(52-21)16-32-35(37(36)50)25-4-3-8-42-33(55-42)6-5-22-13-28(47-34(43)14-22)26-15-24(18-48-17-23-7-10-45-29(23)19-48)46-39(44)27(26)20-57-56-11-9-41(2,54-32)38(25)53-40(42)51/h7,10,12-16,19,25,33,38,50H,3-6,8-9,11,17-18,20H2,1-2H3,(H2,43,47)(H2,44,46)/p+1. The molecule has 0 saturated carbocycles. The highest BCUT2D eigenvalue weighted by molar-refractivity contribution is 8.76. The molecular weight excluding hydrogens is 765 g/mol. The van der Waals surface area contributed by atoms with Crippen LogP contribution in [0.25, 0.3) is 22.2 Å². The Bertz CT molecular complexity index is 2540. The molecule has 57 heavy (non-hydrogen) atoms. The fourth-order valence-electron chi connectivity index (χ4n) is 9.46. The van der Waals surface area contributed by atoms with Gasteiger partial charge >= 0.3 is 5.97 Å². The van der Waals surface area contributed by atoms with Gasteiger partial charge in [0.05, 0.1) is 17.5 Å². The molecule has 294 valence electrons. The van der Waals surface area contributed by atoms with Gasteiger partial charge in [-0.1, -0.05) is 21.6 Å². The SMILES string of the molecule is Cc1cc(=O)c2c(O)c3c(cc2o1)OC1(C)CCSSCc2c(cc(C[NH+]4C=C5N=CC=C5C4)nc2N)-c2cc(cc(N)n2)CCC2OC24CCCC3C1OC4=O. The number of rotatable bonds is 2. The number of anilines is 2. The minimum Gasteiger partial charge on any atom is -0.507 e. The lowest BCUT2D eigenvalue weighted by atomic mass is 9.74. The maximum absolute atomic E-state index is 14.3. The Hall–Kier alpha value is -4.83. The highest BCUT2D eigenvalue weighted by atomic mass is 33.1. The highest BCUT2D eigenvalue weighted by Gasteiger charge is 2.65. The molecule has 0 aliphatic carbocycles. The molecule has 15 heteroatoms. The number of aryl methyl sites for hydroxylation is 2. The number of hydrogen-bond donors (Lipinski definition) is 4. The molecule has 9 heterocycles. The number of phenolic OH excluding ortho intramolecular Hbond substituents is 1. The van der Waals surface area contributed by atoms with Gasteiger partial charge in [-0.2, -0.15) is 0 Å². The molecule has 4 bridgehead atoms. The summed E-state index contributed by atoms with van der Waals surface area (Å²) in [4.78, 5) is 42.8. The number of ether oxygens (including phenoxy) is 3. The maximum Gasteiger partial charge on any atom is 0.341 e. The first kappa shape index (κ1) is 36.5. The number of aromatic nitrogens is 2. The average Bonchev–Trinajstić information content (AvgIpc) is 3.47. The second-order valence-corrected chi connectivity index (χ2v) is 18.7. The number of carbonyl (C=O) groups is 1. The first-order valence-electron chi connectivity index (χ1n) is 19.5. The van der Waals surface area contributed by atoms with Crippen molar-refractivity contribution in [3.05, 3.63) is 92.2 Å². The van der Waals surface area contributed by atoms with E-state index in [1.54, 1.807) is 34.6 Å². The summed E-state index contributed by atoms with van der Waals surface area (Å²) in [6.07, 6.45) is 8.37. The van der Waals surface area contributed by atoms with Gasteiger partial charge in [0.15, 0.2) is 11.0 Å². The molecule has 1 spiro atoms. The molecule has 1 aromatic carbocycles. The number of carbonyl (C=O) groups excluding carboxylic acids is 1. The van der Waals surface area contributed by atoms with Gasteiger partial charge in [0.25, 0.3) is 0 Å². The Balaban J connectivity index is 1.01. The molecule has 0 radical (unpaired) electrons. The molecule has 10 rings (SSSR count). The van der Waals surface area contributed by atoms with Crippen LogP contribution < -0.4 is 26.5 Å². The summed E-state index contributed by atoms with van der Waals surface area (Å²) in [6.45, 7) is 5.14. The van der Waals surface area contributed by atoms with Crippen LogP contribution in [0.5, 0.6) is 11.5 Å². The van der Waals surface area contributed by atoms with Crippen LogP contribution in [0.1, 0.15) is 73.1 Å². The van der Waals surface area contributed by atoms with Crippen molar-refractivity contribution in [2.75, 3.05) is 23.8 Å². The van der Waals surface area contributed by atoms with Crippen molar-refractivity contribution in [1.29, 1.82) is 0 Å². The summed E-state index contributed by atoms with van der Waals surface area (Å²) < 4.78 is 25.5. The predicted molar refractivity (Wildman–Crippen MR) is 219 cm³/mol. The molecule has 2 fully saturated rings. The van der Waals surface area contributed by atoms with Gasteiger partial charge in [-0.3, -0.25) is 14.7 Å². The van der Waals surface area contributed by atoms with Crippen LogP contribution >= 0.6 is 21.6 Å². The quantitative estimate of drug-likeness (QED) is 0.119. The molecule has 13 nitrogen and oxygen atoms in total. The summed E-state index contributed by atoms with van der Waals surface area (Å²) in [5, 5.41) is 11.8. The zero-order chi connectivity index (χ0) is 39.2. The van der Waals surface area contributed by atoms with E-state index in [4.69, 9.17) is 40.1 Å². The number of aliphatic imine (C=N–C) groups is 1. The maximum atomic E-state index is 14.3. The molecule has 6 unspecified atom stereocenters. The molecule has 6 aliphatic rings. The number of epoxide rings is 1. The van der Waals surface area contributed by atoms with Gasteiger partial charge < -0.3 is 35.2 Å². The average molecular weight is 808 g/mol. The van der Waals surface area contributed by atoms with E-state index < -0.39 is 29.2 Å². The molecule has 4 aromatic rings. The number of allylic oxidation sites excluding steroid dienone is 1. The van der Waals surface area contributed by atoms with Crippen molar-refractivity contribution in [3.8, 4) is 22.8 Å². The number of aromatic hydroxyl groups is 1. The van der Waals surface area contributed by atoms with Gasteiger partial charge in [-0.25, -0.2) is 14.8 Å². The Morgan fingerprint density at radius 2 is 1.95 bits per heavy atom. The summed E-state index contributed by atoms with van der Waals surface area (Å²) >= 11 is 0. The van der Waals surface area contributed by atoms with E-state index in [1.165, 1.54) is 16.5 Å². The number of esters is 1. The van der Waals surface area contributed by atoms with Crippen molar-refractivity contribution in [1.82, 2.24) is 9.97 Å². The number of nitrogens with one attached hydrogen (secondary N) is 1. The summed E-state index contributed by atoms with van der Waals surface area (Å²) in [5.41, 5.74) is 18.2. The normalized spacial score (nSPS) is 29.0. The third kappa shape index (κ3) is 6.30. The second-order valence-electron chi connectivity index (χ2n) is 16.2. The number of fused-ring (bicyclic) bond motifs is 9. The van der Waals surface area contributed by atoms with Gasteiger partial charge in [-0.15, -0.1) is 0 Å². The topological polar surface area (TPSA) is 193 Å². The molecular formula is C42H43N6O7S2+. The van der Waals surface area contributed by atoms with Crippen LogP contribution in [0.4, 0.5) is 11.6 Å². The lowest BCUT2D eigenvalue weighted by Crippen LogP contribution is -3.04. The number of benzene rings is 1. The van der Waals surface area contributed by atoms with E-state index in [1.807, 2.05) is 19.2 Å². The third-order valence-corrected chi connectivity index (χ3v) is 14.6. The minimum atomic E-state index is -1.07. The van der Waals surface area contributed by atoms with Crippen molar-refractivity contribution in [2.24, 2.45) is 4.99 Å². The smallest absolute Gasteiger partial charge is 0.341 e. The first-order chi connectivity index (χ1) is 27.5. The largest absolute Gasteiger partial charge is 0.507 e. The van der Waals surface area contributed by atoms with Crippen LogP contribution in [0.3, 0.4) is 0 Å². The second kappa shape index (κ2) is 13.6. The first-order valence-corrected chi connectivity index (χ1v) is 21.9. The Kier molecular flexibility index (Phi) is 8.74. The van der Waals surface area contributed by atoms with Crippen molar-refractivity contribution in [2.45, 2.75) is 94.0 Å². The third-order valence-electron chi connectivity index (χ3n) is 12.3. The van der Waals surface area contributed by atoms with E-state index >= 15 is 0 Å². The monoisotopic (exact) mass is 807 g/mol. The van der Waals surface area contributed by atoms with Crippen LogP contribution in [0.15, 0.2) is 68.1 Å². The van der Waals surface area contributed by atoms with Crippen molar-refractivity contribution in [3.63, 3.8) is 0 Å². The zero-order valence-corrected chi connectivity index (χ0v) is 33.3. The molecule has 2 saturated heterocycles. The summed E-state index contributed by atoms with van der Waals surface area (Å²) in [7, 11) is 3.32. The fraction of sp³-hybridized carbons (Fsp3) is 0.405. The fourth-order valence-corrected chi connectivity index (χ4v) is 11.8. The van der Waals surface area contributed by atoms with E-state index in [0.717, 1.165) is 40.3 Å². The van der Waals surface area contributed by atoms with Crippen LogP contribution in [0, 0.1) is 6.92 Å². The Morgan fingerprint density at radius 3 is 2.81 bits per heavy atom. The van der Waals surface area contributed by atoms with Gasteiger partial charge in [0, 0.05) is 64.5 Å². The van der Waals surface area contributed by atoms with E-state index in [9.17, 15) is 14.7 Å². The number of pyridine rings is 2. The lowest BCUT2D eigenvalue weighted by molar-refractivity contribution is -0.852. The molecule has 6 N–H and O–H groups in total. The Labute approximate surface area is 336 Å². The molecule has 6 aliphatic heterocycles. The van der Waals surface area contributed by atoms with Gasteiger partial charge in [0.2, 0.25) is 0 Å². The van der Waals surface area contributed by atoms with Crippen LogP contribution in [-0.4, -0.2) is 63.0 Å². The minimum absolute atomic E-state index is 0.0968. The molecule has 3 aromatic heterocycles. The number of nitrogen functional groups attached to an aromatic ring is 2. The predicted octanol–water partition coefficient (Wildman–Crippen LogP) is 5.07. The Morgan fingerprint density at radius 1 is 1.07 bits per heavy atom. The van der Waals surface area contributed by atoms with E-state index in [-0.39, 0.29) is 28.3 Å². The van der Waals surface area contributed by atoms with Crippen LogP contribution in [0.2, 0.25) is 0 Å². The van der Waals surface area contributed by atoms with Crippen molar-refractivity contribution < 1.29 is 33.4 Å². The highest BCUT2D eigenvalue weighted by Crippen LogP contribution is 2.55. The number of nitrogens with two attached hydrogens (primary N) is 2. The summed E-state index contributed by atoms with van der Waals surface area (Å²) in [6, 6.07) is 9.10. The zero-order valence-electron chi connectivity index (χ0n) is 31.6. The van der Waals surface area contributed by atoms with E-state index in [2.05, 4.69) is 29.4 Å². The molecule has 6 atom stereocenters. The number of hydrogen-bond acceptors (Lipinski definition) is 14. The van der Waals surface area contributed by atoms with Crippen molar-refractivity contribution >= 4 is 56.4 Å². The van der Waals surface area contributed by atoms with Gasteiger partial charge in [-0.05, 0) is 75.8 Å². The van der Waals surface area contributed by atoms with Crippen LogP contribution in [-0.2, 0) is 33.0 Å². The lowest BCUT2D eigenvalue weighted by Gasteiger charge is -2.47.